The van der Waals surface area contributed by atoms with Crippen LogP contribution in [-0.4, -0.2) is 75.0 Å². The van der Waals surface area contributed by atoms with Crippen LogP contribution in [0.1, 0.15) is 17.3 Å². The summed E-state index contributed by atoms with van der Waals surface area (Å²) in [5.41, 5.74) is 0.311. The highest BCUT2D eigenvalue weighted by atomic mass is 32.2. The standard InChI is InChI=1S/C16H23NO9S/c1-3-24-14-12(17-27(20,21)22)13(18)11(26-16(14)23-2)9-25-15(19)10-7-5-4-6-8-10/h4-8,11-14,16-18H,3,9H2,1-2H3,(H,20,21,22)/t11-,12-,13-,14+,16+/m1/s1. The van der Waals surface area contributed by atoms with Gasteiger partial charge in [0.2, 0.25) is 0 Å². The van der Waals surface area contributed by atoms with E-state index in [0.29, 0.717) is 5.56 Å². The fourth-order valence-electron chi connectivity index (χ4n) is 2.75. The lowest BCUT2D eigenvalue weighted by Crippen LogP contribution is -2.65. The summed E-state index contributed by atoms with van der Waals surface area (Å²) in [5.74, 6) is -0.633. The van der Waals surface area contributed by atoms with E-state index in [4.69, 9.17) is 23.5 Å². The quantitative estimate of drug-likeness (QED) is 0.394. The Balaban J connectivity index is 2.13. The highest BCUT2D eigenvalue weighted by Crippen LogP contribution is 2.25. The van der Waals surface area contributed by atoms with Crippen molar-refractivity contribution < 1.29 is 41.8 Å². The summed E-state index contributed by atoms with van der Waals surface area (Å²) in [6, 6.07) is 6.93. The van der Waals surface area contributed by atoms with Crippen molar-refractivity contribution in [2.75, 3.05) is 20.3 Å². The molecule has 0 unspecified atom stereocenters. The van der Waals surface area contributed by atoms with Gasteiger partial charge in [0.1, 0.15) is 24.9 Å². The number of carbonyl (C=O) groups excluding carboxylic acids is 1. The molecule has 0 radical (unpaired) electrons. The number of esters is 1. The average Bonchev–Trinajstić information content (AvgIpc) is 2.63. The molecule has 152 valence electrons. The molecule has 1 heterocycles. The molecule has 1 saturated heterocycles. The highest BCUT2D eigenvalue weighted by Gasteiger charge is 2.48. The third-order valence-electron chi connectivity index (χ3n) is 3.94. The van der Waals surface area contributed by atoms with Crippen molar-refractivity contribution in [3.63, 3.8) is 0 Å². The minimum absolute atomic E-state index is 0.178. The molecule has 10 nitrogen and oxygen atoms in total. The van der Waals surface area contributed by atoms with Gasteiger partial charge in [0.15, 0.2) is 6.29 Å². The van der Waals surface area contributed by atoms with Gasteiger partial charge in [-0.3, -0.25) is 4.55 Å². The normalized spacial score (nSPS) is 28.7. The zero-order chi connectivity index (χ0) is 20.0. The van der Waals surface area contributed by atoms with Crippen LogP contribution in [-0.2, 0) is 29.3 Å². The Morgan fingerprint density at radius 2 is 1.96 bits per heavy atom. The second-order valence-corrected chi connectivity index (χ2v) is 6.96. The van der Waals surface area contributed by atoms with E-state index < -0.39 is 46.9 Å². The maximum absolute atomic E-state index is 12.1. The molecular formula is C16H23NO9S. The largest absolute Gasteiger partial charge is 0.459 e. The topological polar surface area (TPSA) is 141 Å². The van der Waals surface area contributed by atoms with Crippen molar-refractivity contribution in [2.24, 2.45) is 0 Å². The minimum atomic E-state index is -4.65. The van der Waals surface area contributed by atoms with E-state index in [1.807, 2.05) is 4.72 Å². The number of hydrogen-bond acceptors (Lipinski definition) is 8. The van der Waals surface area contributed by atoms with Gasteiger partial charge in [0.05, 0.1) is 11.6 Å². The van der Waals surface area contributed by atoms with Crippen LogP contribution >= 0.6 is 0 Å². The van der Waals surface area contributed by atoms with Gasteiger partial charge in [-0.2, -0.15) is 13.1 Å². The molecule has 11 heteroatoms. The van der Waals surface area contributed by atoms with E-state index in [2.05, 4.69) is 0 Å². The minimum Gasteiger partial charge on any atom is -0.459 e. The van der Waals surface area contributed by atoms with Crippen LogP contribution in [0.2, 0.25) is 0 Å². The Morgan fingerprint density at radius 3 is 2.52 bits per heavy atom. The van der Waals surface area contributed by atoms with Gasteiger partial charge in [-0.1, -0.05) is 18.2 Å². The maximum Gasteiger partial charge on any atom is 0.338 e. The lowest BCUT2D eigenvalue weighted by molar-refractivity contribution is -0.278. The first kappa shape index (κ1) is 21.7. The molecule has 1 aliphatic heterocycles. The second kappa shape index (κ2) is 9.55. The number of benzene rings is 1. The summed E-state index contributed by atoms with van der Waals surface area (Å²) in [6.45, 7) is 1.48. The summed E-state index contributed by atoms with van der Waals surface area (Å²) in [6.07, 6.45) is -4.68. The Bertz CT molecular complexity index is 712. The Kier molecular flexibility index (Phi) is 7.68. The Labute approximate surface area is 157 Å². The maximum atomic E-state index is 12.1. The van der Waals surface area contributed by atoms with Crippen LogP contribution in [0, 0.1) is 0 Å². The SMILES string of the molecule is CCO[C@@H]1[C@@H](OC)O[C@H](COC(=O)c2ccccc2)[C@@H](O)[C@H]1NS(=O)(=O)O. The van der Waals surface area contributed by atoms with E-state index in [-0.39, 0.29) is 13.2 Å². The first-order valence-electron chi connectivity index (χ1n) is 8.21. The zero-order valence-electron chi connectivity index (χ0n) is 14.8. The van der Waals surface area contributed by atoms with Crippen molar-refractivity contribution in [1.82, 2.24) is 4.72 Å². The molecule has 1 aromatic rings. The molecule has 0 aliphatic carbocycles. The van der Waals surface area contributed by atoms with Crippen molar-refractivity contribution >= 4 is 16.3 Å². The summed E-state index contributed by atoms with van der Waals surface area (Å²) < 4.78 is 54.8. The van der Waals surface area contributed by atoms with Gasteiger partial charge >= 0.3 is 16.3 Å². The van der Waals surface area contributed by atoms with Gasteiger partial charge in [-0.25, -0.2) is 4.79 Å². The van der Waals surface area contributed by atoms with Crippen molar-refractivity contribution in [3.05, 3.63) is 35.9 Å². The van der Waals surface area contributed by atoms with Gasteiger partial charge in [0.25, 0.3) is 0 Å². The van der Waals surface area contributed by atoms with E-state index in [9.17, 15) is 18.3 Å². The van der Waals surface area contributed by atoms with Crippen molar-refractivity contribution in [3.8, 4) is 0 Å². The number of ether oxygens (including phenoxy) is 4. The third-order valence-corrected chi connectivity index (χ3v) is 4.51. The van der Waals surface area contributed by atoms with E-state index >= 15 is 0 Å². The van der Waals surface area contributed by atoms with Gasteiger partial charge in [-0.05, 0) is 19.1 Å². The molecule has 0 aromatic heterocycles. The zero-order valence-corrected chi connectivity index (χ0v) is 15.7. The number of nitrogens with one attached hydrogen (secondary N) is 1. The summed E-state index contributed by atoms with van der Waals surface area (Å²) >= 11 is 0. The molecule has 3 N–H and O–H groups in total. The summed E-state index contributed by atoms with van der Waals surface area (Å²) in [4.78, 5) is 12.1. The number of aliphatic hydroxyl groups is 1. The van der Waals surface area contributed by atoms with Gasteiger partial charge in [0, 0.05) is 13.7 Å². The highest BCUT2D eigenvalue weighted by molar-refractivity contribution is 7.83. The number of rotatable bonds is 8. The van der Waals surface area contributed by atoms with Crippen LogP contribution in [0.4, 0.5) is 0 Å². The number of methoxy groups -OCH3 is 1. The lowest BCUT2D eigenvalue weighted by atomic mass is 9.97. The lowest BCUT2D eigenvalue weighted by Gasteiger charge is -2.43. The second-order valence-electron chi connectivity index (χ2n) is 5.77. The smallest absolute Gasteiger partial charge is 0.338 e. The molecule has 5 atom stereocenters. The Hall–Kier alpha value is -1.60. The molecule has 1 aliphatic rings. The Morgan fingerprint density at radius 1 is 1.30 bits per heavy atom. The number of hydrogen-bond donors (Lipinski definition) is 3. The first-order valence-corrected chi connectivity index (χ1v) is 9.65. The fraction of sp³-hybridized carbons (Fsp3) is 0.562. The predicted molar refractivity (Wildman–Crippen MR) is 92.3 cm³/mol. The van der Waals surface area contributed by atoms with Gasteiger partial charge in [-0.15, -0.1) is 0 Å². The molecule has 0 spiro atoms. The molecule has 27 heavy (non-hydrogen) atoms. The van der Waals surface area contributed by atoms with E-state index in [0.717, 1.165) is 0 Å². The summed E-state index contributed by atoms with van der Waals surface area (Å²) in [5, 5.41) is 10.5. The molecule has 1 aromatic carbocycles. The van der Waals surface area contributed by atoms with Crippen molar-refractivity contribution in [1.29, 1.82) is 0 Å². The monoisotopic (exact) mass is 405 g/mol. The predicted octanol–water partition coefficient (Wildman–Crippen LogP) is -0.258. The van der Waals surface area contributed by atoms with Crippen molar-refractivity contribution in [2.45, 2.75) is 37.6 Å². The number of carbonyl (C=O) groups is 1. The first-order chi connectivity index (χ1) is 12.8. The van der Waals surface area contributed by atoms with Crippen LogP contribution in [0.3, 0.4) is 0 Å². The average molecular weight is 405 g/mol. The van der Waals surface area contributed by atoms with Gasteiger partial charge < -0.3 is 24.1 Å². The molecule has 0 saturated carbocycles. The molecular weight excluding hydrogens is 382 g/mol. The molecule has 0 amide bonds. The number of aliphatic hydroxyl groups excluding tert-OH is 1. The third kappa shape index (κ3) is 5.94. The molecule has 1 fully saturated rings. The van der Waals surface area contributed by atoms with Crippen LogP contribution in [0.5, 0.6) is 0 Å². The van der Waals surface area contributed by atoms with E-state index in [1.54, 1.807) is 37.3 Å². The van der Waals surface area contributed by atoms with E-state index in [1.165, 1.54) is 7.11 Å². The fourth-order valence-corrected chi connectivity index (χ4v) is 3.37. The molecule has 2 rings (SSSR count). The van der Waals surface area contributed by atoms with Crippen LogP contribution < -0.4 is 4.72 Å². The van der Waals surface area contributed by atoms with Crippen LogP contribution in [0.15, 0.2) is 30.3 Å². The summed E-state index contributed by atoms with van der Waals surface area (Å²) in [7, 11) is -3.33. The molecule has 0 bridgehead atoms. The van der Waals surface area contributed by atoms with Crippen LogP contribution in [0.25, 0.3) is 0 Å².